The molecule has 0 saturated heterocycles. The zero-order valence-electron chi connectivity index (χ0n) is 10.2. The predicted molar refractivity (Wildman–Crippen MR) is 70.7 cm³/mol. The first kappa shape index (κ1) is 13.4. The summed E-state index contributed by atoms with van der Waals surface area (Å²) in [5, 5.41) is 9.63. The molecule has 0 bridgehead atoms. The number of ether oxygens (including phenoxy) is 1. The zero-order chi connectivity index (χ0) is 13.7. The fourth-order valence-electron chi connectivity index (χ4n) is 1.39. The van der Waals surface area contributed by atoms with Gasteiger partial charge in [-0.3, -0.25) is 0 Å². The molecule has 0 unspecified atom stereocenters. The van der Waals surface area contributed by atoms with E-state index in [0.717, 1.165) is 9.92 Å². The predicted octanol–water partition coefficient (Wildman–Crippen LogP) is 2.72. The van der Waals surface area contributed by atoms with Crippen molar-refractivity contribution in [3.8, 4) is 5.88 Å². The monoisotopic (exact) mass is 276 g/mol. The third-order valence-electron chi connectivity index (χ3n) is 2.16. The van der Waals surface area contributed by atoms with Crippen molar-refractivity contribution in [3.05, 3.63) is 42.2 Å². The van der Waals surface area contributed by atoms with Crippen LogP contribution in [0.4, 0.5) is 0 Å². The number of rotatable bonds is 5. The van der Waals surface area contributed by atoms with Crippen LogP contribution in [0.25, 0.3) is 0 Å². The van der Waals surface area contributed by atoms with Gasteiger partial charge in [-0.05, 0) is 25.1 Å². The van der Waals surface area contributed by atoms with Crippen LogP contribution >= 0.6 is 11.8 Å². The number of pyridine rings is 2. The van der Waals surface area contributed by atoms with Gasteiger partial charge in [-0.25, -0.2) is 14.8 Å². The third kappa shape index (κ3) is 3.69. The molecule has 0 radical (unpaired) electrons. The average Bonchev–Trinajstić information content (AvgIpc) is 2.40. The maximum absolute atomic E-state index is 10.8. The van der Waals surface area contributed by atoms with Gasteiger partial charge in [0.2, 0.25) is 5.88 Å². The highest BCUT2D eigenvalue weighted by molar-refractivity contribution is 7.99. The maximum Gasteiger partial charge on any atom is 0.354 e. The molecule has 6 heteroatoms. The minimum Gasteiger partial charge on any atom is -0.478 e. The summed E-state index contributed by atoms with van der Waals surface area (Å²) in [4.78, 5) is 19.7. The number of nitrogens with zero attached hydrogens (tertiary/aromatic N) is 2. The van der Waals surface area contributed by atoms with E-state index >= 15 is 0 Å². The zero-order valence-corrected chi connectivity index (χ0v) is 11.1. The number of carboxylic acid groups (broad SMARTS) is 1. The molecule has 0 spiro atoms. The fraction of sp³-hybridized carbons (Fsp3) is 0.154. The Balaban J connectivity index is 2.18. The van der Waals surface area contributed by atoms with Crippen molar-refractivity contribution in [1.82, 2.24) is 9.97 Å². The Labute approximate surface area is 114 Å². The van der Waals surface area contributed by atoms with Gasteiger partial charge in [0, 0.05) is 17.2 Å². The van der Waals surface area contributed by atoms with Crippen molar-refractivity contribution >= 4 is 17.7 Å². The van der Waals surface area contributed by atoms with Crippen LogP contribution in [0.1, 0.15) is 17.4 Å². The molecule has 0 fully saturated rings. The second kappa shape index (κ2) is 6.19. The number of hydrogen-bond acceptors (Lipinski definition) is 5. The SMILES string of the molecule is CCOc1cccc(Sc2ccnc(C(=O)O)c2)n1. The Hall–Kier alpha value is -2.08. The van der Waals surface area contributed by atoms with Crippen molar-refractivity contribution in [2.45, 2.75) is 16.8 Å². The van der Waals surface area contributed by atoms with Crippen LogP contribution in [0.2, 0.25) is 0 Å². The van der Waals surface area contributed by atoms with Gasteiger partial charge in [0.1, 0.15) is 10.7 Å². The first-order valence-electron chi connectivity index (χ1n) is 5.66. The molecular formula is C13H12N2O3S. The molecule has 0 aliphatic rings. The van der Waals surface area contributed by atoms with Gasteiger partial charge in [0.25, 0.3) is 0 Å². The summed E-state index contributed by atoms with van der Waals surface area (Å²) >= 11 is 1.36. The van der Waals surface area contributed by atoms with E-state index in [1.807, 2.05) is 19.1 Å². The van der Waals surface area contributed by atoms with E-state index in [-0.39, 0.29) is 5.69 Å². The van der Waals surface area contributed by atoms with Crippen LogP contribution in [0.3, 0.4) is 0 Å². The van der Waals surface area contributed by atoms with Gasteiger partial charge in [0.15, 0.2) is 0 Å². The lowest BCUT2D eigenvalue weighted by atomic mass is 10.3. The van der Waals surface area contributed by atoms with E-state index in [1.54, 1.807) is 12.1 Å². The van der Waals surface area contributed by atoms with Gasteiger partial charge < -0.3 is 9.84 Å². The van der Waals surface area contributed by atoms with Crippen LogP contribution < -0.4 is 4.74 Å². The normalized spacial score (nSPS) is 10.2. The molecule has 19 heavy (non-hydrogen) atoms. The molecule has 98 valence electrons. The first-order valence-corrected chi connectivity index (χ1v) is 6.47. The van der Waals surface area contributed by atoms with E-state index < -0.39 is 5.97 Å². The lowest BCUT2D eigenvalue weighted by Gasteiger charge is -2.05. The number of hydrogen-bond donors (Lipinski definition) is 1. The van der Waals surface area contributed by atoms with Crippen molar-refractivity contribution < 1.29 is 14.6 Å². The molecule has 2 heterocycles. The lowest BCUT2D eigenvalue weighted by Crippen LogP contribution is -1.99. The van der Waals surface area contributed by atoms with Crippen molar-refractivity contribution in [2.24, 2.45) is 0 Å². The summed E-state index contributed by atoms with van der Waals surface area (Å²) < 4.78 is 5.32. The van der Waals surface area contributed by atoms with E-state index in [0.29, 0.717) is 12.5 Å². The number of aromatic carboxylic acids is 1. The van der Waals surface area contributed by atoms with Crippen LogP contribution in [-0.2, 0) is 0 Å². The lowest BCUT2D eigenvalue weighted by molar-refractivity contribution is 0.0690. The Morgan fingerprint density at radius 1 is 1.42 bits per heavy atom. The summed E-state index contributed by atoms with van der Waals surface area (Å²) in [6.45, 7) is 2.45. The maximum atomic E-state index is 10.8. The summed E-state index contributed by atoms with van der Waals surface area (Å²) in [5.41, 5.74) is 0.0194. The standard InChI is InChI=1S/C13H12N2O3S/c1-2-18-11-4-3-5-12(15-11)19-9-6-7-14-10(8-9)13(16)17/h3-8H,2H2,1H3,(H,16,17). The topological polar surface area (TPSA) is 72.3 Å². The van der Waals surface area contributed by atoms with Crippen molar-refractivity contribution in [3.63, 3.8) is 0 Å². The van der Waals surface area contributed by atoms with E-state index in [1.165, 1.54) is 24.0 Å². The summed E-state index contributed by atoms with van der Waals surface area (Å²) in [6.07, 6.45) is 1.47. The van der Waals surface area contributed by atoms with Gasteiger partial charge in [0.05, 0.1) is 6.61 Å². The molecule has 0 saturated carbocycles. The largest absolute Gasteiger partial charge is 0.478 e. The molecule has 1 N–H and O–H groups in total. The summed E-state index contributed by atoms with van der Waals surface area (Å²) in [5.74, 6) is -0.488. The van der Waals surface area contributed by atoms with Gasteiger partial charge in [-0.1, -0.05) is 17.8 Å². The number of carbonyl (C=O) groups is 1. The molecule has 5 nitrogen and oxygen atoms in total. The van der Waals surface area contributed by atoms with Gasteiger partial charge in [-0.15, -0.1) is 0 Å². The molecule has 0 aliphatic carbocycles. The molecule has 0 aliphatic heterocycles. The fourth-order valence-corrected chi connectivity index (χ4v) is 2.22. The number of aromatic nitrogens is 2. The van der Waals surface area contributed by atoms with Crippen LogP contribution in [0.5, 0.6) is 5.88 Å². The minimum atomic E-state index is -1.04. The Morgan fingerprint density at radius 3 is 3.00 bits per heavy atom. The highest BCUT2D eigenvalue weighted by Gasteiger charge is 2.07. The highest BCUT2D eigenvalue weighted by Crippen LogP contribution is 2.27. The van der Waals surface area contributed by atoms with Gasteiger partial charge in [-0.2, -0.15) is 0 Å². The number of carboxylic acids is 1. The highest BCUT2D eigenvalue weighted by atomic mass is 32.2. The minimum absolute atomic E-state index is 0.0194. The molecule has 0 atom stereocenters. The second-order valence-electron chi connectivity index (χ2n) is 3.53. The van der Waals surface area contributed by atoms with Crippen LogP contribution in [-0.4, -0.2) is 27.7 Å². The summed E-state index contributed by atoms with van der Waals surface area (Å²) in [6, 6.07) is 8.73. The molecule has 2 rings (SSSR count). The van der Waals surface area contributed by atoms with E-state index in [9.17, 15) is 4.79 Å². The Bertz CT molecular complexity index is 590. The van der Waals surface area contributed by atoms with Crippen LogP contribution in [0, 0.1) is 0 Å². The quantitative estimate of drug-likeness (QED) is 0.905. The summed E-state index contributed by atoms with van der Waals surface area (Å²) in [7, 11) is 0. The first-order chi connectivity index (χ1) is 9.19. The van der Waals surface area contributed by atoms with E-state index in [4.69, 9.17) is 9.84 Å². The average molecular weight is 276 g/mol. The molecule has 0 amide bonds. The van der Waals surface area contributed by atoms with E-state index in [2.05, 4.69) is 9.97 Å². The van der Waals surface area contributed by atoms with Crippen molar-refractivity contribution in [1.29, 1.82) is 0 Å². The Morgan fingerprint density at radius 2 is 2.26 bits per heavy atom. The van der Waals surface area contributed by atoms with Gasteiger partial charge >= 0.3 is 5.97 Å². The van der Waals surface area contributed by atoms with Crippen molar-refractivity contribution in [2.75, 3.05) is 6.61 Å². The second-order valence-corrected chi connectivity index (χ2v) is 4.62. The molecule has 2 aromatic heterocycles. The Kier molecular flexibility index (Phi) is 4.35. The molecular weight excluding hydrogens is 264 g/mol. The third-order valence-corrected chi connectivity index (χ3v) is 3.09. The van der Waals surface area contributed by atoms with Crippen LogP contribution in [0.15, 0.2) is 46.5 Å². The molecule has 0 aromatic carbocycles. The smallest absolute Gasteiger partial charge is 0.354 e. The molecule has 2 aromatic rings.